The van der Waals surface area contributed by atoms with E-state index in [0.29, 0.717) is 20.9 Å². The van der Waals surface area contributed by atoms with Gasteiger partial charge < -0.3 is 5.43 Å². The lowest BCUT2D eigenvalue weighted by Gasteiger charge is -2.16. The SMILES string of the molecule is O=c1c2ccccc2nc(-c2ccccc2F)n1NCc1ccc(Cl)cc1Cl. The predicted octanol–water partition coefficient (Wildman–Crippen LogP) is 5.25. The number of nitrogens with zero attached hydrogens (tertiary/aromatic N) is 2. The quantitative estimate of drug-likeness (QED) is 0.496. The fourth-order valence-electron chi connectivity index (χ4n) is 2.93. The standard InChI is InChI=1S/C21H14Cl2FN3O/c22-14-10-9-13(17(23)11-14)12-25-27-20(15-5-1-3-7-18(15)24)26-19-8-4-2-6-16(19)21(27)28/h1-11,25H,12H2. The fraction of sp³-hybridized carbons (Fsp3) is 0.0476. The third kappa shape index (κ3) is 3.46. The highest BCUT2D eigenvalue weighted by atomic mass is 35.5. The molecule has 0 aliphatic carbocycles. The van der Waals surface area contributed by atoms with Crippen molar-refractivity contribution in [1.29, 1.82) is 0 Å². The summed E-state index contributed by atoms with van der Waals surface area (Å²) < 4.78 is 15.7. The molecule has 4 aromatic rings. The number of para-hydroxylation sites is 1. The fourth-order valence-corrected chi connectivity index (χ4v) is 3.41. The van der Waals surface area contributed by atoms with E-state index in [0.717, 1.165) is 5.56 Å². The average molecular weight is 414 g/mol. The van der Waals surface area contributed by atoms with Crippen molar-refractivity contribution in [2.45, 2.75) is 6.54 Å². The van der Waals surface area contributed by atoms with Gasteiger partial charge in [0, 0.05) is 10.0 Å². The minimum Gasteiger partial charge on any atom is -0.317 e. The highest BCUT2D eigenvalue weighted by molar-refractivity contribution is 6.35. The van der Waals surface area contributed by atoms with Crippen molar-refractivity contribution >= 4 is 34.1 Å². The summed E-state index contributed by atoms with van der Waals surface area (Å²) in [7, 11) is 0. The van der Waals surface area contributed by atoms with Gasteiger partial charge in [0.15, 0.2) is 5.82 Å². The van der Waals surface area contributed by atoms with Crippen LogP contribution in [0, 0.1) is 5.82 Å². The number of benzene rings is 3. The third-order valence-corrected chi connectivity index (χ3v) is 4.92. The zero-order valence-corrected chi connectivity index (χ0v) is 16.0. The zero-order chi connectivity index (χ0) is 19.7. The maximum atomic E-state index is 14.4. The molecular weight excluding hydrogens is 400 g/mol. The lowest BCUT2D eigenvalue weighted by molar-refractivity contribution is 0.627. The molecule has 0 amide bonds. The Morgan fingerprint density at radius 3 is 2.54 bits per heavy atom. The molecule has 0 bridgehead atoms. The van der Waals surface area contributed by atoms with Gasteiger partial charge in [-0.1, -0.05) is 53.5 Å². The summed E-state index contributed by atoms with van der Waals surface area (Å²) in [5, 5.41) is 1.41. The normalized spacial score (nSPS) is 11.0. The summed E-state index contributed by atoms with van der Waals surface area (Å²) in [4.78, 5) is 17.6. The molecule has 0 radical (unpaired) electrons. The van der Waals surface area contributed by atoms with Crippen molar-refractivity contribution < 1.29 is 4.39 Å². The van der Waals surface area contributed by atoms with Crippen LogP contribution in [0.5, 0.6) is 0 Å². The van der Waals surface area contributed by atoms with Crippen LogP contribution in [0.1, 0.15) is 5.56 Å². The molecule has 0 saturated heterocycles. The molecule has 0 unspecified atom stereocenters. The van der Waals surface area contributed by atoms with Gasteiger partial charge in [-0.15, -0.1) is 0 Å². The van der Waals surface area contributed by atoms with Crippen LogP contribution >= 0.6 is 23.2 Å². The van der Waals surface area contributed by atoms with E-state index in [2.05, 4.69) is 10.4 Å². The molecule has 4 nitrogen and oxygen atoms in total. The Bertz CT molecular complexity index is 1240. The van der Waals surface area contributed by atoms with Gasteiger partial charge in [0.1, 0.15) is 5.82 Å². The molecule has 0 saturated carbocycles. The minimum absolute atomic E-state index is 0.187. The topological polar surface area (TPSA) is 46.9 Å². The number of fused-ring (bicyclic) bond motifs is 1. The Morgan fingerprint density at radius 1 is 1.00 bits per heavy atom. The number of hydrogen-bond donors (Lipinski definition) is 1. The molecule has 4 rings (SSSR count). The van der Waals surface area contributed by atoms with E-state index in [1.807, 2.05) is 0 Å². The monoisotopic (exact) mass is 413 g/mol. The van der Waals surface area contributed by atoms with Gasteiger partial charge in [-0.25, -0.2) is 14.1 Å². The van der Waals surface area contributed by atoms with E-state index in [1.54, 1.807) is 60.7 Å². The summed E-state index contributed by atoms with van der Waals surface area (Å²) in [6.45, 7) is 0.234. The van der Waals surface area contributed by atoms with Gasteiger partial charge in [0.25, 0.3) is 5.56 Å². The lowest BCUT2D eigenvalue weighted by Crippen LogP contribution is -2.31. The van der Waals surface area contributed by atoms with Gasteiger partial charge in [-0.3, -0.25) is 4.79 Å². The van der Waals surface area contributed by atoms with Crippen LogP contribution < -0.4 is 11.0 Å². The van der Waals surface area contributed by atoms with Crippen molar-refractivity contribution in [3.63, 3.8) is 0 Å². The molecule has 1 heterocycles. The molecule has 140 valence electrons. The first kappa shape index (κ1) is 18.5. The highest BCUT2D eigenvalue weighted by Crippen LogP contribution is 2.23. The second-order valence-electron chi connectivity index (χ2n) is 6.14. The minimum atomic E-state index is -0.468. The number of aromatic nitrogens is 2. The summed E-state index contributed by atoms with van der Waals surface area (Å²) >= 11 is 12.2. The number of hydrogen-bond acceptors (Lipinski definition) is 3. The highest BCUT2D eigenvalue weighted by Gasteiger charge is 2.16. The van der Waals surface area contributed by atoms with E-state index in [-0.39, 0.29) is 23.5 Å². The van der Waals surface area contributed by atoms with Crippen LogP contribution in [0.2, 0.25) is 10.0 Å². The summed E-state index contributed by atoms with van der Waals surface area (Å²) in [5.74, 6) is -0.281. The summed E-state index contributed by atoms with van der Waals surface area (Å²) in [6.07, 6.45) is 0. The molecular formula is C21H14Cl2FN3O. The van der Waals surface area contributed by atoms with E-state index in [9.17, 15) is 9.18 Å². The van der Waals surface area contributed by atoms with Crippen molar-refractivity contribution in [2.24, 2.45) is 0 Å². The Morgan fingerprint density at radius 2 is 1.75 bits per heavy atom. The zero-order valence-electron chi connectivity index (χ0n) is 14.5. The molecule has 0 aliphatic heterocycles. The second-order valence-corrected chi connectivity index (χ2v) is 6.99. The first-order valence-corrected chi connectivity index (χ1v) is 9.24. The molecule has 0 aliphatic rings. The maximum absolute atomic E-state index is 14.4. The van der Waals surface area contributed by atoms with Crippen molar-refractivity contribution in [3.05, 3.63) is 98.5 Å². The van der Waals surface area contributed by atoms with E-state index in [4.69, 9.17) is 23.2 Å². The third-order valence-electron chi connectivity index (χ3n) is 4.33. The Labute approximate surface area is 170 Å². The summed E-state index contributed by atoms with van der Waals surface area (Å²) in [6, 6.07) is 18.2. The molecule has 3 aromatic carbocycles. The van der Waals surface area contributed by atoms with Gasteiger partial charge in [0.2, 0.25) is 0 Å². The second kappa shape index (κ2) is 7.62. The maximum Gasteiger partial charge on any atom is 0.280 e. The van der Waals surface area contributed by atoms with Crippen LogP contribution in [0.3, 0.4) is 0 Å². The number of halogens is 3. The smallest absolute Gasteiger partial charge is 0.280 e. The molecule has 1 N–H and O–H groups in total. The first-order chi connectivity index (χ1) is 13.5. The van der Waals surface area contributed by atoms with E-state index in [1.165, 1.54) is 10.7 Å². The average Bonchev–Trinajstić information content (AvgIpc) is 2.69. The predicted molar refractivity (Wildman–Crippen MR) is 111 cm³/mol. The molecule has 28 heavy (non-hydrogen) atoms. The molecule has 1 aromatic heterocycles. The molecule has 0 atom stereocenters. The first-order valence-electron chi connectivity index (χ1n) is 8.49. The van der Waals surface area contributed by atoms with E-state index < -0.39 is 5.82 Å². The Hall–Kier alpha value is -2.89. The van der Waals surface area contributed by atoms with Crippen molar-refractivity contribution in [3.8, 4) is 11.4 Å². The van der Waals surface area contributed by atoms with Crippen LogP contribution in [0.25, 0.3) is 22.3 Å². The number of nitrogens with one attached hydrogen (secondary N) is 1. The molecule has 0 fully saturated rings. The van der Waals surface area contributed by atoms with Crippen LogP contribution in [-0.4, -0.2) is 9.66 Å². The van der Waals surface area contributed by atoms with Crippen LogP contribution in [0.15, 0.2) is 71.5 Å². The van der Waals surface area contributed by atoms with E-state index >= 15 is 0 Å². The molecule has 7 heteroatoms. The van der Waals surface area contributed by atoms with Gasteiger partial charge in [-0.2, -0.15) is 0 Å². The Balaban J connectivity index is 1.86. The van der Waals surface area contributed by atoms with Gasteiger partial charge >= 0.3 is 0 Å². The van der Waals surface area contributed by atoms with Crippen LogP contribution in [0.4, 0.5) is 4.39 Å². The van der Waals surface area contributed by atoms with Crippen molar-refractivity contribution in [1.82, 2.24) is 9.66 Å². The van der Waals surface area contributed by atoms with Crippen molar-refractivity contribution in [2.75, 3.05) is 5.43 Å². The molecule has 0 spiro atoms. The largest absolute Gasteiger partial charge is 0.317 e. The summed E-state index contributed by atoms with van der Waals surface area (Å²) in [5.41, 5.74) is 4.16. The van der Waals surface area contributed by atoms with Gasteiger partial charge in [-0.05, 0) is 42.0 Å². The Kier molecular flexibility index (Phi) is 5.03. The lowest BCUT2D eigenvalue weighted by atomic mass is 10.1. The number of rotatable bonds is 4. The van der Waals surface area contributed by atoms with Crippen LogP contribution in [-0.2, 0) is 6.54 Å². The van der Waals surface area contributed by atoms with Gasteiger partial charge in [0.05, 0.1) is 23.0 Å².